The first-order chi connectivity index (χ1) is 10.1. The molecule has 6 heteroatoms. The van der Waals surface area contributed by atoms with Gasteiger partial charge in [-0.25, -0.2) is 4.79 Å². The van der Waals surface area contributed by atoms with E-state index in [0.29, 0.717) is 25.7 Å². The Balaban J connectivity index is 1.80. The first kappa shape index (κ1) is 16.1. The Bertz CT molecular complexity index is 367. The van der Waals surface area contributed by atoms with E-state index in [2.05, 4.69) is 11.8 Å². The van der Waals surface area contributed by atoms with E-state index in [1.807, 2.05) is 9.80 Å². The number of likely N-dealkylation sites (tertiary alicyclic amines) is 1. The molecule has 0 aliphatic carbocycles. The van der Waals surface area contributed by atoms with Crippen LogP contribution in [0, 0.1) is 0 Å². The smallest absolute Gasteiger partial charge is 0.320 e. The Morgan fingerprint density at radius 1 is 1.05 bits per heavy atom. The molecule has 0 spiro atoms. The number of carboxylic acid groups (broad SMARTS) is 1. The minimum absolute atomic E-state index is 0.169. The molecule has 2 heterocycles. The van der Waals surface area contributed by atoms with E-state index >= 15 is 0 Å². The second kappa shape index (κ2) is 7.64. The van der Waals surface area contributed by atoms with Crippen LogP contribution in [0.5, 0.6) is 0 Å². The lowest BCUT2D eigenvalue weighted by molar-refractivity contribution is -0.137. The molecule has 1 atom stereocenters. The van der Waals surface area contributed by atoms with Gasteiger partial charge in [0.2, 0.25) is 0 Å². The van der Waals surface area contributed by atoms with Gasteiger partial charge in [0.1, 0.15) is 0 Å². The zero-order valence-corrected chi connectivity index (χ0v) is 13.0. The van der Waals surface area contributed by atoms with E-state index in [0.717, 1.165) is 32.5 Å². The van der Waals surface area contributed by atoms with Crippen LogP contribution in [0.2, 0.25) is 0 Å². The molecule has 120 valence electrons. The molecule has 2 aliphatic rings. The molecule has 2 aliphatic heterocycles. The zero-order valence-electron chi connectivity index (χ0n) is 13.0. The fourth-order valence-corrected chi connectivity index (χ4v) is 3.16. The summed E-state index contributed by atoms with van der Waals surface area (Å²) in [6.07, 6.45) is 4.82. The van der Waals surface area contributed by atoms with Gasteiger partial charge in [0.25, 0.3) is 0 Å². The molecular formula is C15H27N3O3. The normalized spacial score (nSPS) is 24.7. The standard InChI is InChI=1S/C15H27N3O3/c1-13-5-3-2-4-7-18(13)15(21)17-11-9-16(10-12-17)8-6-14(19)20/h13H,2-12H2,1H3,(H,19,20). The van der Waals surface area contributed by atoms with Crippen molar-refractivity contribution in [3.05, 3.63) is 0 Å². The van der Waals surface area contributed by atoms with Crippen LogP contribution in [0.15, 0.2) is 0 Å². The van der Waals surface area contributed by atoms with Crippen LogP contribution in [-0.4, -0.2) is 77.1 Å². The van der Waals surface area contributed by atoms with Crippen molar-refractivity contribution in [1.29, 1.82) is 0 Å². The van der Waals surface area contributed by atoms with Gasteiger partial charge in [-0.05, 0) is 19.8 Å². The summed E-state index contributed by atoms with van der Waals surface area (Å²) in [4.78, 5) is 29.3. The van der Waals surface area contributed by atoms with Gasteiger partial charge in [-0.1, -0.05) is 12.8 Å². The average molecular weight is 297 g/mol. The maximum atomic E-state index is 12.6. The Morgan fingerprint density at radius 2 is 1.76 bits per heavy atom. The molecule has 2 amide bonds. The van der Waals surface area contributed by atoms with E-state index < -0.39 is 5.97 Å². The summed E-state index contributed by atoms with van der Waals surface area (Å²) in [5, 5.41) is 8.71. The van der Waals surface area contributed by atoms with Gasteiger partial charge in [-0.2, -0.15) is 0 Å². The topological polar surface area (TPSA) is 64.1 Å². The quantitative estimate of drug-likeness (QED) is 0.856. The third kappa shape index (κ3) is 4.59. The van der Waals surface area contributed by atoms with Crippen LogP contribution in [0.4, 0.5) is 4.79 Å². The molecule has 0 radical (unpaired) electrons. The summed E-state index contributed by atoms with van der Waals surface area (Å²) in [5.74, 6) is -0.758. The van der Waals surface area contributed by atoms with Crippen molar-refractivity contribution in [2.45, 2.75) is 45.1 Å². The summed E-state index contributed by atoms with van der Waals surface area (Å²) in [5.41, 5.74) is 0. The van der Waals surface area contributed by atoms with Crippen LogP contribution in [0.1, 0.15) is 39.0 Å². The molecule has 2 fully saturated rings. The van der Waals surface area contributed by atoms with Gasteiger partial charge in [0, 0.05) is 45.3 Å². The van der Waals surface area contributed by atoms with Gasteiger partial charge in [0.15, 0.2) is 0 Å². The van der Waals surface area contributed by atoms with Crippen LogP contribution >= 0.6 is 0 Å². The predicted molar refractivity (Wildman–Crippen MR) is 80.3 cm³/mol. The van der Waals surface area contributed by atoms with Gasteiger partial charge in [-0.15, -0.1) is 0 Å². The molecule has 21 heavy (non-hydrogen) atoms. The number of piperazine rings is 1. The number of rotatable bonds is 3. The lowest BCUT2D eigenvalue weighted by Crippen LogP contribution is -2.54. The van der Waals surface area contributed by atoms with Crippen LogP contribution in [-0.2, 0) is 4.79 Å². The first-order valence-corrected chi connectivity index (χ1v) is 8.07. The molecule has 0 bridgehead atoms. The zero-order chi connectivity index (χ0) is 15.2. The minimum Gasteiger partial charge on any atom is -0.481 e. The van der Waals surface area contributed by atoms with Gasteiger partial charge >= 0.3 is 12.0 Å². The Hall–Kier alpha value is -1.30. The van der Waals surface area contributed by atoms with Crippen molar-refractivity contribution >= 4 is 12.0 Å². The van der Waals surface area contributed by atoms with Crippen molar-refractivity contribution in [2.24, 2.45) is 0 Å². The summed E-state index contributed by atoms with van der Waals surface area (Å²) >= 11 is 0. The number of amides is 2. The summed E-state index contributed by atoms with van der Waals surface area (Å²) < 4.78 is 0. The lowest BCUT2D eigenvalue weighted by Gasteiger charge is -2.38. The maximum Gasteiger partial charge on any atom is 0.320 e. The molecule has 0 aromatic carbocycles. The minimum atomic E-state index is -0.758. The van der Waals surface area contributed by atoms with Gasteiger partial charge < -0.3 is 14.9 Å². The van der Waals surface area contributed by atoms with Crippen LogP contribution in [0.25, 0.3) is 0 Å². The first-order valence-electron chi connectivity index (χ1n) is 8.07. The van der Waals surface area contributed by atoms with Crippen molar-refractivity contribution in [1.82, 2.24) is 14.7 Å². The molecule has 2 rings (SSSR count). The van der Waals surface area contributed by atoms with Crippen LogP contribution < -0.4 is 0 Å². The van der Waals surface area contributed by atoms with E-state index in [1.165, 1.54) is 12.8 Å². The highest BCUT2D eigenvalue weighted by molar-refractivity contribution is 5.75. The number of hydrogen-bond acceptors (Lipinski definition) is 3. The molecule has 0 aromatic rings. The third-order valence-corrected chi connectivity index (χ3v) is 4.58. The molecule has 1 N–H and O–H groups in total. The van der Waals surface area contributed by atoms with Crippen molar-refractivity contribution in [3.8, 4) is 0 Å². The third-order valence-electron chi connectivity index (χ3n) is 4.58. The SMILES string of the molecule is CC1CCCCCN1C(=O)N1CCN(CCC(=O)O)CC1. The second-order valence-corrected chi connectivity index (χ2v) is 6.15. The molecule has 6 nitrogen and oxygen atoms in total. The maximum absolute atomic E-state index is 12.6. The number of nitrogens with zero attached hydrogens (tertiary/aromatic N) is 3. The Kier molecular flexibility index (Phi) is 5.85. The van der Waals surface area contributed by atoms with Crippen molar-refractivity contribution in [2.75, 3.05) is 39.3 Å². The van der Waals surface area contributed by atoms with E-state index in [1.54, 1.807) is 0 Å². The molecule has 2 saturated heterocycles. The van der Waals surface area contributed by atoms with Crippen molar-refractivity contribution in [3.63, 3.8) is 0 Å². The second-order valence-electron chi connectivity index (χ2n) is 6.15. The number of aliphatic carboxylic acids is 1. The van der Waals surface area contributed by atoms with Crippen molar-refractivity contribution < 1.29 is 14.7 Å². The van der Waals surface area contributed by atoms with Crippen LogP contribution in [0.3, 0.4) is 0 Å². The molecule has 1 unspecified atom stereocenters. The molecule has 0 saturated carbocycles. The lowest BCUT2D eigenvalue weighted by atomic mass is 10.1. The van der Waals surface area contributed by atoms with E-state index in [4.69, 9.17) is 5.11 Å². The number of carbonyl (C=O) groups excluding carboxylic acids is 1. The highest BCUT2D eigenvalue weighted by atomic mass is 16.4. The number of carbonyl (C=O) groups is 2. The number of carboxylic acids is 1. The average Bonchev–Trinajstić information content (AvgIpc) is 2.69. The van der Waals surface area contributed by atoms with E-state index in [9.17, 15) is 9.59 Å². The predicted octanol–water partition coefficient (Wildman–Crippen LogP) is 1.46. The summed E-state index contributed by atoms with van der Waals surface area (Å²) in [7, 11) is 0. The number of urea groups is 1. The number of hydrogen-bond donors (Lipinski definition) is 1. The largest absolute Gasteiger partial charge is 0.481 e. The monoisotopic (exact) mass is 297 g/mol. The molecular weight excluding hydrogens is 270 g/mol. The summed E-state index contributed by atoms with van der Waals surface area (Å²) in [6, 6.07) is 0.507. The Morgan fingerprint density at radius 3 is 2.43 bits per heavy atom. The van der Waals surface area contributed by atoms with Gasteiger partial charge in [-0.3, -0.25) is 9.69 Å². The highest BCUT2D eigenvalue weighted by Gasteiger charge is 2.28. The fraction of sp³-hybridized carbons (Fsp3) is 0.867. The Labute approximate surface area is 126 Å². The van der Waals surface area contributed by atoms with Gasteiger partial charge in [0.05, 0.1) is 6.42 Å². The summed E-state index contributed by atoms with van der Waals surface area (Å²) in [6.45, 7) is 6.58. The molecule has 0 aromatic heterocycles. The fourth-order valence-electron chi connectivity index (χ4n) is 3.16. The van der Waals surface area contributed by atoms with E-state index in [-0.39, 0.29) is 12.5 Å². The highest BCUT2D eigenvalue weighted by Crippen LogP contribution is 2.18.